The van der Waals surface area contributed by atoms with Crippen molar-refractivity contribution in [2.24, 2.45) is 0 Å². The van der Waals surface area contributed by atoms with E-state index in [9.17, 15) is 9.46 Å². The van der Waals surface area contributed by atoms with Gasteiger partial charge in [-0.2, -0.15) is 0 Å². The minimum atomic E-state index is -3.58. The van der Waals surface area contributed by atoms with Crippen LogP contribution in [0.2, 0.25) is 0 Å². The topological polar surface area (TPSA) is 46.5 Å². The zero-order valence-electron chi connectivity index (χ0n) is 9.90. The second kappa shape index (κ2) is 5.96. The Bertz CT molecular complexity index is 525. The van der Waals surface area contributed by atoms with Crippen molar-refractivity contribution < 1.29 is 14.0 Å². The summed E-state index contributed by atoms with van der Waals surface area (Å²) in [5, 5.41) is 0. The molecule has 0 saturated carbocycles. The lowest BCUT2D eigenvalue weighted by Gasteiger charge is -2.12. The van der Waals surface area contributed by atoms with Gasteiger partial charge in [-0.1, -0.05) is 60.7 Å². The van der Waals surface area contributed by atoms with Gasteiger partial charge < -0.3 is 9.42 Å². The Morgan fingerprint density at radius 2 is 1.39 bits per heavy atom. The SMILES string of the molecule is O=P(O)(Cc1ccccc1)OCc1ccccc1. The van der Waals surface area contributed by atoms with Crippen LogP contribution in [-0.2, 0) is 21.9 Å². The Balaban J connectivity index is 1.94. The standard InChI is InChI=1S/C14H15O3P/c15-18(16,12-14-9-5-2-6-10-14)17-11-13-7-3-1-4-8-13/h1-10H,11-12H2,(H,15,16). The molecule has 0 saturated heterocycles. The molecule has 0 fully saturated rings. The number of hydrogen-bond acceptors (Lipinski definition) is 2. The van der Waals surface area contributed by atoms with Crippen LogP contribution in [0, 0.1) is 0 Å². The third kappa shape index (κ3) is 4.11. The highest BCUT2D eigenvalue weighted by atomic mass is 31.2. The Hall–Kier alpha value is -1.41. The Morgan fingerprint density at radius 1 is 0.889 bits per heavy atom. The van der Waals surface area contributed by atoms with E-state index >= 15 is 0 Å². The summed E-state index contributed by atoms with van der Waals surface area (Å²) >= 11 is 0. The lowest BCUT2D eigenvalue weighted by molar-refractivity contribution is 0.249. The van der Waals surface area contributed by atoms with Crippen molar-refractivity contribution in [1.29, 1.82) is 0 Å². The van der Waals surface area contributed by atoms with Crippen LogP contribution in [0.15, 0.2) is 60.7 Å². The van der Waals surface area contributed by atoms with E-state index in [0.29, 0.717) is 0 Å². The fraction of sp³-hybridized carbons (Fsp3) is 0.143. The maximum atomic E-state index is 11.9. The van der Waals surface area contributed by atoms with E-state index in [1.54, 1.807) is 0 Å². The van der Waals surface area contributed by atoms with Crippen molar-refractivity contribution in [3.8, 4) is 0 Å². The van der Waals surface area contributed by atoms with Crippen molar-refractivity contribution in [2.75, 3.05) is 0 Å². The fourth-order valence-corrected chi connectivity index (χ4v) is 2.72. The predicted octanol–water partition coefficient (Wildman–Crippen LogP) is 3.59. The summed E-state index contributed by atoms with van der Waals surface area (Å²) in [6.45, 7) is 0.154. The molecule has 0 amide bonds. The first kappa shape index (κ1) is 13.0. The summed E-state index contributed by atoms with van der Waals surface area (Å²) in [4.78, 5) is 9.76. The van der Waals surface area contributed by atoms with Crippen LogP contribution < -0.4 is 0 Å². The number of benzene rings is 2. The Morgan fingerprint density at radius 3 is 1.94 bits per heavy atom. The lowest BCUT2D eigenvalue weighted by atomic mass is 10.2. The van der Waals surface area contributed by atoms with Crippen LogP contribution in [0.4, 0.5) is 0 Å². The van der Waals surface area contributed by atoms with Gasteiger partial charge in [-0.3, -0.25) is 4.57 Å². The van der Waals surface area contributed by atoms with Gasteiger partial charge in [-0.25, -0.2) is 0 Å². The van der Waals surface area contributed by atoms with Crippen LogP contribution in [0.3, 0.4) is 0 Å². The smallest absolute Gasteiger partial charge is 0.324 e. The van der Waals surface area contributed by atoms with Crippen molar-refractivity contribution in [1.82, 2.24) is 0 Å². The summed E-state index contributed by atoms with van der Waals surface area (Å²) in [6, 6.07) is 18.5. The molecule has 0 aliphatic heterocycles. The highest BCUT2D eigenvalue weighted by molar-refractivity contribution is 7.51. The average molecular weight is 262 g/mol. The zero-order chi connectivity index (χ0) is 12.8. The molecule has 0 radical (unpaired) electrons. The third-order valence-corrected chi connectivity index (χ3v) is 3.80. The van der Waals surface area contributed by atoms with E-state index in [2.05, 4.69) is 0 Å². The summed E-state index contributed by atoms with van der Waals surface area (Å²) in [5.74, 6) is 0. The molecular formula is C14H15O3P. The molecule has 3 nitrogen and oxygen atoms in total. The van der Waals surface area contributed by atoms with Crippen LogP contribution in [-0.4, -0.2) is 4.89 Å². The van der Waals surface area contributed by atoms with Gasteiger partial charge in [-0.15, -0.1) is 0 Å². The van der Waals surface area contributed by atoms with E-state index in [1.165, 1.54) is 0 Å². The van der Waals surface area contributed by atoms with Gasteiger partial charge >= 0.3 is 7.60 Å². The monoisotopic (exact) mass is 262 g/mol. The molecule has 0 bridgehead atoms. The van der Waals surface area contributed by atoms with Crippen LogP contribution in [0.1, 0.15) is 11.1 Å². The summed E-state index contributed by atoms with van der Waals surface area (Å²) in [5.41, 5.74) is 1.69. The molecule has 2 rings (SSSR count). The second-order valence-corrected chi connectivity index (χ2v) is 5.89. The van der Waals surface area contributed by atoms with E-state index in [1.807, 2.05) is 60.7 Å². The molecule has 2 aromatic rings. The molecule has 1 atom stereocenters. The highest BCUT2D eigenvalue weighted by Crippen LogP contribution is 2.46. The molecule has 0 aliphatic carbocycles. The first-order valence-electron chi connectivity index (χ1n) is 5.70. The molecular weight excluding hydrogens is 247 g/mol. The molecule has 1 unspecified atom stereocenters. The number of hydrogen-bond donors (Lipinski definition) is 1. The van der Waals surface area contributed by atoms with Crippen molar-refractivity contribution in [3.63, 3.8) is 0 Å². The minimum Gasteiger partial charge on any atom is -0.324 e. The number of rotatable bonds is 5. The van der Waals surface area contributed by atoms with E-state index in [4.69, 9.17) is 4.52 Å². The summed E-state index contributed by atoms with van der Waals surface area (Å²) in [7, 11) is -3.58. The molecule has 18 heavy (non-hydrogen) atoms. The maximum absolute atomic E-state index is 11.9. The first-order chi connectivity index (χ1) is 8.66. The van der Waals surface area contributed by atoms with Crippen LogP contribution in [0.25, 0.3) is 0 Å². The summed E-state index contributed by atoms with van der Waals surface area (Å²) in [6.07, 6.45) is 0.0423. The summed E-state index contributed by atoms with van der Waals surface area (Å²) < 4.78 is 17.0. The van der Waals surface area contributed by atoms with Gasteiger partial charge in [0.25, 0.3) is 0 Å². The molecule has 2 aromatic carbocycles. The van der Waals surface area contributed by atoms with Crippen molar-refractivity contribution in [3.05, 3.63) is 71.8 Å². The lowest BCUT2D eigenvalue weighted by Crippen LogP contribution is -1.94. The molecule has 0 aliphatic rings. The van der Waals surface area contributed by atoms with Gasteiger partial charge in [0, 0.05) is 0 Å². The van der Waals surface area contributed by atoms with E-state index in [0.717, 1.165) is 11.1 Å². The van der Waals surface area contributed by atoms with E-state index < -0.39 is 7.60 Å². The molecule has 4 heteroatoms. The molecule has 94 valence electrons. The van der Waals surface area contributed by atoms with Crippen molar-refractivity contribution >= 4 is 7.60 Å². The largest absolute Gasteiger partial charge is 0.332 e. The average Bonchev–Trinajstić information content (AvgIpc) is 2.38. The molecule has 0 heterocycles. The van der Waals surface area contributed by atoms with Gasteiger partial charge in [0.15, 0.2) is 0 Å². The van der Waals surface area contributed by atoms with Gasteiger partial charge in [0.1, 0.15) is 0 Å². The first-order valence-corrected chi connectivity index (χ1v) is 7.46. The van der Waals surface area contributed by atoms with Crippen LogP contribution >= 0.6 is 7.60 Å². The van der Waals surface area contributed by atoms with Gasteiger partial charge in [0.05, 0.1) is 12.8 Å². The third-order valence-electron chi connectivity index (χ3n) is 2.50. The van der Waals surface area contributed by atoms with E-state index in [-0.39, 0.29) is 12.8 Å². The molecule has 0 spiro atoms. The fourth-order valence-electron chi connectivity index (χ4n) is 1.61. The van der Waals surface area contributed by atoms with Gasteiger partial charge in [-0.05, 0) is 11.1 Å². The molecule has 0 aromatic heterocycles. The predicted molar refractivity (Wildman–Crippen MR) is 71.2 cm³/mol. The van der Waals surface area contributed by atoms with Crippen molar-refractivity contribution in [2.45, 2.75) is 12.8 Å². The maximum Gasteiger partial charge on any atom is 0.332 e. The molecule has 1 N–H and O–H groups in total. The zero-order valence-corrected chi connectivity index (χ0v) is 10.8. The highest BCUT2D eigenvalue weighted by Gasteiger charge is 2.19. The Kier molecular flexibility index (Phi) is 4.32. The second-order valence-electron chi connectivity index (χ2n) is 4.04. The normalized spacial score (nSPS) is 14.1. The minimum absolute atomic E-state index is 0.0423. The van der Waals surface area contributed by atoms with Gasteiger partial charge in [0.2, 0.25) is 0 Å². The quantitative estimate of drug-likeness (QED) is 0.837. The van der Waals surface area contributed by atoms with Crippen LogP contribution in [0.5, 0.6) is 0 Å². The Labute approximate surface area is 107 Å².